The molecule has 0 unspecified atom stereocenters. The molecule has 0 saturated heterocycles. The van der Waals surface area contributed by atoms with E-state index in [1.807, 2.05) is 0 Å². The summed E-state index contributed by atoms with van der Waals surface area (Å²) in [5.41, 5.74) is 6.64. The second-order valence-electron chi connectivity index (χ2n) is 4.40. The molecule has 0 aliphatic rings. The molecule has 0 bridgehead atoms. The van der Waals surface area contributed by atoms with Gasteiger partial charge in [-0.15, -0.1) is 0 Å². The maximum absolute atomic E-state index is 12.1. The maximum Gasteiger partial charge on any atom is 0.240 e. The van der Waals surface area contributed by atoms with E-state index in [1.54, 1.807) is 12.1 Å². The first-order chi connectivity index (χ1) is 9.92. The van der Waals surface area contributed by atoms with Gasteiger partial charge in [-0.3, -0.25) is 0 Å². The van der Waals surface area contributed by atoms with Crippen LogP contribution in [0.3, 0.4) is 0 Å². The molecule has 0 atom stereocenters. The number of hydrogen-bond acceptors (Lipinski definition) is 5. The van der Waals surface area contributed by atoms with Gasteiger partial charge in [-0.2, -0.15) is 0 Å². The molecule has 0 radical (unpaired) electrons. The Kier molecular flexibility index (Phi) is 4.35. The van der Waals surface area contributed by atoms with Crippen LogP contribution >= 0.6 is 0 Å². The van der Waals surface area contributed by atoms with Gasteiger partial charge in [-0.05, 0) is 42.0 Å². The standard InChI is InChI=1S/C14H16N2O4S/c1-20-14-7-2-10(8-13(14)17)9-16-21(18,19)12-5-3-11(15)4-6-12/h2-8,16-17H,9,15H2,1H3. The molecule has 0 aliphatic carbocycles. The van der Waals surface area contributed by atoms with Gasteiger partial charge in [0.15, 0.2) is 11.5 Å². The van der Waals surface area contributed by atoms with Gasteiger partial charge in [0.1, 0.15) is 0 Å². The molecule has 112 valence electrons. The highest BCUT2D eigenvalue weighted by Crippen LogP contribution is 2.26. The molecule has 2 rings (SSSR count). The normalized spacial score (nSPS) is 11.3. The second-order valence-corrected chi connectivity index (χ2v) is 6.17. The number of nitrogens with two attached hydrogens (primary N) is 1. The van der Waals surface area contributed by atoms with Crippen molar-refractivity contribution < 1.29 is 18.3 Å². The number of nitrogens with one attached hydrogen (secondary N) is 1. The molecule has 0 fully saturated rings. The Morgan fingerprint density at radius 2 is 1.86 bits per heavy atom. The summed E-state index contributed by atoms with van der Waals surface area (Å²) in [7, 11) is -2.18. The SMILES string of the molecule is COc1ccc(CNS(=O)(=O)c2ccc(N)cc2)cc1O. The topological polar surface area (TPSA) is 102 Å². The zero-order chi connectivity index (χ0) is 15.5. The lowest BCUT2D eigenvalue weighted by molar-refractivity contribution is 0.373. The van der Waals surface area contributed by atoms with Crippen LogP contribution in [0.5, 0.6) is 11.5 Å². The molecule has 2 aromatic rings. The van der Waals surface area contributed by atoms with Gasteiger partial charge in [0.25, 0.3) is 0 Å². The van der Waals surface area contributed by atoms with Crippen molar-refractivity contribution >= 4 is 15.7 Å². The van der Waals surface area contributed by atoms with Gasteiger partial charge in [-0.1, -0.05) is 6.07 Å². The molecule has 4 N–H and O–H groups in total. The number of sulfonamides is 1. The molecule has 0 saturated carbocycles. The average Bonchev–Trinajstić information content (AvgIpc) is 2.46. The van der Waals surface area contributed by atoms with Gasteiger partial charge in [-0.25, -0.2) is 13.1 Å². The Morgan fingerprint density at radius 3 is 2.43 bits per heavy atom. The Morgan fingerprint density at radius 1 is 1.19 bits per heavy atom. The summed E-state index contributed by atoms with van der Waals surface area (Å²) in [4.78, 5) is 0.134. The van der Waals surface area contributed by atoms with Crippen molar-refractivity contribution in [2.24, 2.45) is 0 Å². The van der Waals surface area contributed by atoms with Gasteiger partial charge < -0.3 is 15.6 Å². The quantitative estimate of drug-likeness (QED) is 0.726. The third-order valence-electron chi connectivity index (χ3n) is 2.90. The lowest BCUT2D eigenvalue weighted by atomic mass is 10.2. The van der Waals surface area contributed by atoms with Gasteiger partial charge in [0.05, 0.1) is 12.0 Å². The predicted molar refractivity (Wildman–Crippen MR) is 79.5 cm³/mol. The van der Waals surface area contributed by atoms with Crippen molar-refractivity contribution in [2.75, 3.05) is 12.8 Å². The average molecular weight is 308 g/mol. The van der Waals surface area contributed by atoms with Crippen LogP contribution in [-0.2, 0) is 16.6 Å². The summed E-state index contributed by atoms with van der Waals surface area (Å²) in [6.07, 6.45) is 0. The third-order valence-corrected chi connectivity index (χ3v) is 4.32. The number of ether oxygens (including phenoxy) is 1. The Bertz CT molecular complexity index is 727. The molecular weight excluding hydrogens is 292 g/mol. The van der Waals surface area contributed by atoms with E-state index in [4.69, 9.17) is 10.5 Å². The number of nitrogen functional groups attached to an aromatic ring is 1. The van der Waals surface area contributed by atoms with Crippen LogP contribution in [0.4, 0.5) is 5.69 Å². The van der Waals surface area contributed by atoms with Gasteiger partial charge in [0, 0.05) is 12.2 Å². The minimum Gasteiger partial charge on any atom is -0.504 e. The fourth-order valence-electron chi connectivity index (χ4n) is 1.75. The van der Waals surface area contributed by atoms with E-state index in [-0.39, 0.29) is 17.2 Å². The van der Waals surface area contributed by atoms with Crippen molar-refractivity contribution in [2.45, 2.75) is 11.4 Å². The number of benzene rings is 2. The molecule has 21 heavy (non-hydrogen) atoms. The van der Waals surface area contributed by atoms with E-state index in [0.717, 1.165) is 0 Å². The molecule has 0 aliphatic heterocycles. The molecule has 0 spiro atoms. The fraction of sp³-hybridized carbons (Fsp3) is 0.143. The highest BCUT2D eigenvalue weighted by molar-refractivity contribution is 7.89. The Balaban J connectivity index is 2.11. The summed E-state index contributed by atoms with van der Waals surface area (Å²) in [6.45, 7) is 0.0598. The highest BCUT2D eigenvalue weighted by Gasteiger charge is 2.13. The van der Waals surface area contributed by atoms with Crippen LogP contribution in [0.15, 0.2) is 47.4 Å². The van der Waals surface area contributed by atoms with E-state index in [0.29, 0.717) is 17.0 Å². The Labute approximate surface area is 123 Å². The van der Waals surface area contributed by atoms with Crippen LogP contribution in [0.1, 0.15) is 5.56 Å². The molecule has 2 aromatic carbocycles. The lowest BCUT2D eigenvalue weighted by Gasteiger charge is -2.09. The van der Waals surface area contributed by atoms with E-state index in [2.05, 4.69) is 4.72 Å². The first kappa shape index (κ1) is 15.1. The monoisotopic (exact) mass is 308 g/mol. The molecule has 6 nitrogen and oxygen atoms in total. The minimum atomic E-state index is -3.62. The summed E-state index contributed by atoms with van der Waals surface area (Å²) >= 11 is 0. The van der Waals surface area contributed by atoms with Crippen molar-refractivity contribution in [3.63, 3.8) is 0 Å². The number of rotatable bonds is 5. The van der Waals surface area contributed by atoms with E-state index < -0.39 is 10.0 Å². The summed E-state index contributed by atoms with van der Waals surface area (Å²) in [5, 5.41) is 9.65. The number of anilines is 1. The number of hydrogen-bond donors (Lipinski definition) is 3. The fourth-order valence-corrected chi connectivity index (χ4v) is 2.77. The predicted octanol–water partition coefficient (Wildman–Crippen LogP) is 1.46. The van der Waals surface area contributed by atoms with Crippen molar-refractivity contribution in [1.82, 2.24) is 4.72 Å². The smallest absolute Gasteiger partial charge is 0.240 e. The third kappa shape index (κ3) is 3.65. The lowest BCUT2D eigenvalue weighted by Crippen LogP contribution is -2.23. The van der Waals surface area contributed by atoms with E-state index in [1.165, 1.54) is 37.4 Å². The van der Waals surface area contributed by atoms with Crippen LogP contribution in [0, 0.1) is 0 Å². The van der Waals surface area contributed by atoms with Crippen molar-refractivity contribution in [3.05, 3.63) is 48.0 Å². The first-order valence-corrected chi connectivity index (χ1v) is 7.62. The first-order valence-electron chi connectivity index (χ1n) is 6.13. The van der Waals surface area contributed by atoms with Gasteiger partial charge >= 0.3 is 0 Å². The largest absolute Gasteiger partial charge is 0.504 e. The number of phenols is 1. The van der Waals surface area contributed by atoms with Crippen LogP contribution in [0.2, 0.25) is 0 Å². The summed E-state index contributed by atoms with van der Waals surface area (Å²) in [5.74, 6) is 0.293. The number of aromatic hydroxyl groups is 1. The highest BCUT2D eigenvalue weighted by atomic mass is 32.2. The van der Waals surface area contributed by atoms with E-state index >= 15 is 0 Å². The maximum atomic E-state index is 12.1. The molecule has 0 aromatic heterocycles. The molecule has 7 heteroatoms. The zero-order valence-electron chi connectivity index (χ0n) is 11.4. The summed E-state index contributed by atoms with van der Waals surface area (Å²) < 4.78 is 31.6. The van der Waals surface area contributed by atoms with Crippen LogP contribution in [0.25, 0.3) is 0 Å². The Hall–Kier alpha value is -2.25. The van der Waals surface area contributed by atoms with Gasteiger partial charge in [0.2, 0.25) is 10.0 Å². The summed E-state index contributed by atoms with van der Waals surface area (Å²) in [6, 6.07) is 10.6. The van der Waals surface area contributed by atoms with Crippen LogP contribution < -0.4 is 15.2 Å². The minimum absolute atomic E-state index is 0.0401. The molecule has 0 amide bonds. The molecular formula is C14H16N2O4S. The van der Waals surface area contributed by atoms with Crippen molar-refractivity contribution in [3.8, 4) is 11.5 Å². The van der Waals surface area contributed by atoms with Crippen molar-refractivity contribution in [1.29, 1.82) is 0 Å². The number of phenolic OH excluding ortho intramolecular Hbond substituents is 1. The number of methoxy groups -OCH3 is 1. The second kappa shape index (κ2) is 6.02. The van der Waals surface area contributed by atoms with Crippen LogP contribution in [-0.4, -0.2) is 20.6 Å². The zero-order valence-corrected chi connectivity index (χ0v) is 12.2. The molecule has 0 heterocycles. The van der Waals surface area contributed by atoms with E-state index in [9.17, 15) is 13.5 Å².